The molecule has 3 amide bonds. The molecule has 4 rings (SSSR count). The number of thiophene rings is 1. The summed E-state index contributed by atoms with van der Waals surface area (Å²) in [5, 5.41) is 7.51. The first kappa shape index (κ1) is 23.6. The van der Waals surface area contributed by atoms with Crippen molar-refractivity contribution in [1.82, 2.24) is 10.6 Å². The second kappa shape index (κ2) is 11.1. The molecular weight excluding hydrogens is 453 g/mol. The highest BCUT2D eigenvalue weighted by molar-refractivity contribution is 7.12. The molecule has 0 bridgehead atoms. The van der Waals surface area contributed by atoms with E-state index in [0.717, 1.165) is 25.7 Å². The van der Waals surface area contributed by atoms with Gasteiger partial charge in [0.25, 0.3) is 5.91 Å². The largest absolute Gasteiger partial charge is 0.351 e. The van der Waals surface area contributed by atoms with Crippen LogP contribution in [0.15, 0.2) is 72.1 Å². The van der Waals surface area contributed by atoms with Crippen LogP contribution < -0.4 is 15.5 Å². The molecule has 1 aliphatic rings. The molecule has 0 aliphatic heterocycles. The molecule has 1 aromatic heterocycles. The van der Waals surface area contributed by atoms with Crippen molar-refractivity contribution in [3.8, 4) is 0 Å². The monoisotopic (exact) mass is 479 g/mol. The van der Waals surface area contributed by atoms with Crippen molar-refractivity contribution in [2.45, 2.75) is 37.8 Å². The summed E-state index contributed by atoms with van der Waals surface area (Å²) in [4.78, 5) is 41.3. The van der Waals surface area contributed by atoms with Crippen LogP contribution in [0.25, 0.3) is 0 Å². The van der Waals surface area contributed by atoms with Gasteiger partial charge >= 0.3 is 0 Å². The number of benzene rings is 2. The molecule has 34 heavy (non-hydrogen) atoms. The van der Waals surface area contributed by atoms with Crippen molar-refractivity contribution in [2.75, 3.05) is 11.4 Å². The van der Waals surface area contributed by atoms with E-state index in [4.69, 9.17) is 0 Å². The predicted octanol–water partition coefficient (Wildman–Crippen LogP) is 4.45. The summed E-state index contributed by atoms with van der Waals surface area (Å²) in [5.41, 5.74) is 0.993. The second-order valence-electron chi connectivity index (χ2n) is 8.20. The molecule has 1 aliphatic carbocycles. The van der Waals surface area contributed by atoms with Crippen LogP contribution in [-0.2, 0) is 9.59 Å². The van der Waals surface area contributed by atoms with E-state index in [-0.39, 0.29) is 24.4 Å². The van der Waals surface area contributed by atoms with Gasteiger partial charge in [0.15, 0.2) is 0 Å². The molecule has 0 saturated heterocycles. The summed E-state index contributed by atoms with van der Waals surface area (Å²) in [5.74, 6) is -1.57. The van der Waals surface area contributed by atoms with Gasteiger partial charge in [-0.25, -0.2) is 4.39 Å². The lowest BCUT2D eigenvalue weighted by molar-refractivity contribution is -0.126. The van der Waals surface area contributed by atoms with E-state index < -0.39 is 17.8 Å². The minimum atomic E-state index is -1.02. The Morgan fingerprint density at radius 3 is 2.32 bits per heavy atom. The molecule has 176 valence electrons. The maximum atomic E-state index is 13.7. The lowest BCUT2D eigenvalue weighted by Gasteiger charge is -2.32. The van der Waals surface area contributed by atoms with E-state index >= 15 is 0 Å². The van der Waals surface area contributed by atoms with E-state index in [2.05, 4.69) is 10.6 Å². The number of anilines is 1. The summed E-state index contributed by atoms with van der Waals surface area (Å²) in [6.45, 7) is -0.292. The molecule has 0 unspecified atom stereocenters. The van der Waals surface area contributed by atoms with Crippen LogP contribution >= 0.6 is 11.3 Å². The first-order valence-electron chi connectivity index (χ1n) is 11.3. The van der Waals surface area contributed by atoms with Crippen molar-refractivity contribution < 1.29 is 18.8 Å². The Hall–Kier alpha value is -3.52. The minimum absolute atomic E-state index is 0.0432. The Balaban J connectivity index is 1.65. The molecule has 3 aromatic rings. The van der Waals surface area contributed by atoms with Crippen LogP contribution in [-0.4, -0.2) is 30.3 Å². The topological polar surface area (TPSA) is 78.5 Å². The lowest BCUT2D eigenvalue weighted by Crippen LogP contribution is -2.49. The van der Waals surface area contributed by atoms with Crippen molar-refractivity contribution in [3.63, 3.8) is 0 Å². The van der Waals surface area contributed by atoms with Crippen molar-refractivity contribution in [3.05, 3.63) is 88.4 Å². The first-order valence-corrected chi connectivity index (χ1v) is 12.2. The zero-order valence-corrected chi connectivity index (χ0v) is 19.4. The highest BCUT2D eigenvalue weighted by Crippen LogP contribution is 2.29. The maximum Gasteiger partial charge on any atom is 0.261 e. The molecule has 1 saturated carbocycles. The third kappa shape index (κ3) is 5.69. The smallest absolute Gasteiger partial charge is 0.261 e. The normalized spacial score (nSPS) is 14.4. The van der Waals surface area contributed by atoms with Crippen LogP contribution in [0.1, 0.15) is 47.0 Å². The van der Waals surface area contributed by atoms with Gasteiger partial charge in [0.2, 0.25) is 11.8 Å². The number of rotatable bonds is 8. The number of hydrogen-bond acceptors (Lipinski definition) is 4. The van der Waals surface area contributed by atoms with Crippen molar-refractivity contribution >= 4 is 34.7 Å². The molecular formula is C26H26FN3O3S. The number of hydrogen-bond donors (Lipinski definition) is 2. The number of carbonyl (C=O) groups excluding carboxylic acids is 3. The highest BCUT2D eigenvalue weighted by atomic mass is 32.1. The van der Waals surface area contributed by atoms with Crippen LogP contribution in [0.3, 0.4) is 0 Å². The van der Waals surface area contributed by atoms with Crippen LogP contribution in [0.4, 0.5) is 10.1 Å². The third-order valence-corrected chi connectivity index (χ3v) is 6.71. The average molecular weight is 480 g/mol. The molecule has 0 spiro atoms. The van der Waals surface area contributed by atoms with Crippen molar-refractivity contribution in [2.24, 2.45) is 0 Å². The molecule has 0 radical (unpaired) electrons. The quantitative estimate of drug-likeness (QED) is 0.501. The van der Waals surface area contributed by atoms with Crippen molar-refractivity contribution in [1.29, 1.82) is 0 Å². The standard InChI is InChI=1S/C26H26FN3O3S/c27-19-14-12-18(13-15-19)24(26(33)29-20-7-4-5-8-20)30(21-9-2-1-3-10-21)23(31)17-28-25(32)22-11-6-16-34-22/h1-3,6,9-16,20,24H,4-5,7-8,17H2,(H,28,32)(H,29,33)/t24-/m0/s1. The van der Waals surface area contributed by atoms with Gasteiger partial charge < -0.3 is 10.6 Å². The zero-order chi connectivity index (χ0) is 23.9. The van der Waals surface area contributed by atoms with E-state index in [9.17, 15) is 18.8 Å². The SMILES string of the molecule is O=C(NCC(=O)N(c1ccccc1)[C@H](C(=O)NC1CCCC1)c1ccc(F)cc1)c1cccs1. The molecule has 1 atom stereocenters. The fraction of sp³-hybridized carbons (Fsp3) is 0.269. The Labute approximate surface area is 201 Å². The molecule has 2 aromatic carbocycles. The molecule has 8 heteroatoms. The number of nitrogens with zero attached hydrogens (tertiary/aromatic N) is 1. The minimum Gasteiger partial charge on any atom is -0.351 e. The summed E-state index contributed by atoms with van der Waals surface area (Å²) >= 11 is 1.28. The third-order valence-electron chi connectivity index (χ3n) is 5.84. The van der Waals surface area contributed by atoms with Gasteiger partial charge in [-0.3, -0.25) is 19.3 Å². The number of halogens is 1. The number of carbonyl (C=O) groups is 3. The summed E-state index contributed by atoms with van der Waals surface area (Å²) in [6.07, 6.45) is 3.86. The summed E-state index contributed by atoms with van der Waals surface area (Å²) < 4.78 is 13.7. The van der Waals surface area contributed by atoms with E-state index in [0.29, 0.717) is 16.1 Å². The summed E-state index contributed by atoms with van der Waals surface area (Å²) in [6, 6.07) is 16.9. The number of nitrogens with one attached hydrogen (secondary N) is 2. The van der Waals surface area contributed by atoms with Gasteiger partial charge in [-0.2, -0.15) is 0 Å². The zero-order valence-electron chi connectivity index (χ0n) is 18.6. The van der Waals surface area contributed by atoms with Gasteiger partial charge in [-0.05, 0) is 54.1 Å². The average Bonchev–Trinajstić information content (AvgIpc) is 3.57. The van der Waals surface area contributed by atoms with E-state index in [1.807, 2.05) is 6.07 Å². The highest BCUT2D eigenvalue weighted by Gasteiger charge is 2.34. The Morgan fingerprint density at radius 2 is 1.68 bits per heavy atom. The van der Waals surface area contributed by atoms with E-state index in [1.54, 1.807) is 41.8 Å². The number of para-hydroxylation sites is 1. The van der Waals surface area contributed by atoms with Crippen LogP contribution in [0.5, 0.6) is 0 Å². The molecule has 1 heterocycles. The molecule has 2 N–H and O–H groups in total. The molecule has 6 nitrogen and oxygen atoms in total. The predicted molar refractivity (Wildman–Crippen MR) is 130 cm³/mol. The fourth-order valence-corrected chi connectivity index (χ4v) is 4.81. The lowest BCUT2D eigenvalue weighted by atomic mass is 10.0. The Kier molecular flexibility index (Phi) is 7.69. The van der Waals surface area contributed by atoms with Gasteiger partial charge in [0.05, 0.1) is 11.4 Å². The van der Waals surface area contributed by atoms with Gasteiger partial charge in [-0.15, -0.1) is 11.3 Å². The summed E-state index contributed by atoms with van der Waals surface area (Å²) in [7, 11) is 0. The first-order chi connectivity index (χ1) is 16.5. The maximum absolute atomic E-state index is 13.7. The Bertz CT molecular complexity index is 1110. The second-order valence-corrected chi connectivity index (χ2v) is 9.15. The van der Waals surface area contributed by atoms with Gasteiger partial charge in [0.1, 0.15) is 11.9 Å². The van der Waals surface area contributed by atoms with Gasteiger partial charge in [0, 0.05) is 11.7 Å². The number of amides is 3. The van der Waals surface area contributed by atoms with Crippen LogP contribution in [0, 0.1) is 5.82 Å². The fourth-order valence-electron chi connectivity index (χ4n) is 4.17. The van der Waals surface area contributed by atoms with Crippen LogP contribution in [0.2, 0.25) is 0 Å². The van der Waals surface area contributed by atoms with E-state index in [1.165, 1.54) is 40.5 Å². The van der Waals surface area contributed by atoms with Gasteiger partial charge in [-0.1, -0.05) is 49.2 Å². The molecule has 1 fully saturated rings. The Morgan fingerprint density at radius 1 is 0.971 bits per heavy atom.